The molecule has 1 N–H and O–H groups in total. The van der Waals surface area contributed by atoms with Crippen molar-refractivity contribution in [2.24, 2.45) is 11.8 Å². The fourth-order valence-corrected chi connectivity index (χ4v) is 3.31. The lowest BCUT2D eigenvalue weighted by molar-refractivity contribution is -0.164. The van der Waals surface area contributed by atoms with E-state index in [4.69, 9.17) is 9.84 Å². The monoisotopic (exact) mass is 311 g/mol. The number of esters is 1. The number of hydrogen-bond acceptors (Lipinski definition) is 4. The number of rotatable bonds is 3. The summed E-state index contributed by atoms with van der Waals surface area (Å²) in [7, 11) is 0. The number of aliphatic carboxylic acids is 1. The van der Waals surface area contributed by atoms with Gasteiger partial charge in [-0.3, -0.25) is 9.59 Å². The second-order valence-corrected chi connectivity index (χ2v) is 7.27. The molecule has 0 unspecified atom stereocenters. The predicted octanol–water partition coefficient (Wildman–Crippen LogP) is 1.82. The molecule has 2 fully saturated rings. The van der Waals surface area contributed by atoms with Crippen LogP contribution < -0.4 is 0 Å². The van der Waals surface area contributed by atoms with Crippen LogP contribution >= 0.6 is 0 Å². The number of carbonyl (C=O) groups is 3. The van der Waals surface area contributed by atoms with E-state index in [1.54, 1.807) is 25.7 Å². The molecule has 1 saturated carbocycles. The molecule has 6 heteroatoms. The van der Waals surface area contributed by atoms with E-state index in [1.807, 2.05) is 0 Å². The smallest absolute Gasteiger partial charge is 0.329 e. The molecule has 1 aliphatic heterocycles. The first-order chi connectivity index (χ1) is 10.2. The van der Waals surface area contributed by atoms with Gasteiger partial charge in [-0.1, -0.05) is 0 Å². The predicted molar refractivity (Wildman–Crippen MR) is 79.0 cm³/mol. The van der Waals surface area contributed by atoms with Crippen LogP contribution in [0.15, 0.2) is 0 Å². The fraction of sp³-hybridized carbons (Fsp3) is 0.812. The van der Waals surface area contributed by atoms with E-state index >= 15 is 0 Å². The zero-order chi connectivity index (χ0) is 16.5. The van der Waals surface area contributed by atoms with Gasteiger partial charge in [0.05, 0.1) is 5.92 Å². The topological polar surface area (TPSA) is 83.9 Å². The summed E-state index contributed by atoms with van der Waals surface area (Å²) >= 11 is 0. The number of likely N-dealkylation sites (tertiary alicyclic amines) is 1. The maximum atomic E-state index is 12.6. The van der Waals surface area contributed by atoms with Gasteiger partial charge >= 0.3 is 11.9 Å². The Labute approximate surface area is 130 Å². The number of hydrogen-bond donors (Lipinski definition) is 1. The molecule has 124 valence electrons. The van der Waals surface area contributed by atoms with Crippen LogP contribution in [0.2, 0.25) is 0 Å². The highest BCUT2D eigenvalue weighted by Gasteiger charge is 2.42. The Morgan fingerprint density at radius 1 is 1.09 bits per heavy atom. The van der Waals surface area contributed by atoms with E-state index in [0.717, 1.165) is 6.42 Å². The molecule has 0 spiro atoms. The van der Waals surface area contributed by atoms with E-state index in [-0.39, 0.29) is 17.8 Å². The third kappa shape index (κ3) is 3.78. The van der Waals surface area contributed by atoms with Crippen molar-refractivity contribution >= 4 is 17.8 Å². The second kappa shape index (κ2) is 6.26. The first-order valence-corrected chi connectivity index (χ1v) is 7.95. The zero-order valence-electron chi connectivity index (χ0n) is 13.5. The molecule has 0 bridgehead atoms. The molecule has 3 atom stereocenters. The minimum Gasteiger partial charge on any atom is -0.481 e. The number of carboxylic acid groups (broad SMARTS) is 1. The quantitative estimate of drug-likeness (QED) is 0.804. The molecule has 0 aromatic heterocycles. The van der Waals surface area contributed by atoms with Gasteiger partial charge in [0.15, 0.2) is 0 Å². The van der Waals surface area contributed by atoms with Crippen LogP contribution in [0.4, 0.5) is 0 Å². The second-order valence-electron chi connectivity index (χ2n) is 7.27. The summed E-state index contributed by atoms with van der Waals surface area (Å²) in [6.07, 6.45) is 2.91. The molecule has 0 radical (unpaired) electrons. The average molecular weight is 311 g/mol. The van der Waals surface area contributed by atoms with Crippen LogP contribution in [0.3, 0.4) is 0 Å². The Hall–Kier alpha value is -1.59. The molecule has 0 aromatic carbocycles. The first kappa shape index (κ1) is 16.8. The minimum absolute atomic E-state index is 0.0860. The highest BCUT2D eigenvalue weighted by molar-refractivity contribution is 5.87. The van der Waals surface area contributed by atoms with Gasteiger partial charge < -0.3 is 14.7 Å². The average Bonchev–Trinajstić information content (AvgIpc) is 3.05. The molecule has 6 nitrogen and oxygen atoms in total. The van der Waals surface area contributed by atoms with E-state index < -0.39 is 23.5 Å². The van der Waals surface area contributed by atoms with Crippen LogP contribution in [0.1, 0.15) is 52.9 Å². The maximum Gasteiger partial charge on any atom is 0.329 e. The summed E-state index contributed by atoms with van der Waals surface area (Å²) < 4.78 is 5.40. The highest BCUT2D eigenvalue weighted by atomic mass is 16.6. The maximum absolute atomic E-state index is 12.6. The number of nitrogens with zero attached hydrogens (tertiary/aromatic N) is 1. The molecule has 2 rings (SSSR count). The van der Waals surface area contributed by atoms with Crippen molar-refractivity contribution in [1.82, 2.24) is 4.90 Å². The Balaban J connectivity index is 2.00. The lowest BCUT2D eigenvalue weighted by atomic mass is 10.0. The summed E-state index contributed by atoms with van der Waals surface area (Å²) in [5.41, 5.74) is -0.573. The lowest BCUT2D eigenvalue weighted by Crippen LogP contribution is -2.45. The molecule has 22 heavy (non-hydrogen) atoms. The Morgan fingerprint density at radius 2 is 1.73 bits per heavy atom. The standard InChI is InChI=1S/C16H25NO5/c1-16(2,3)22-15(21)12-5-4-8-17(12)13(18)10-6-7-11(9-10)14(19)20/h10-12H,4-9H2,1-3H3,(H,19,20)/t10-,11+,12+/m1/s1. The largest absolute Gasteiger partial charge is 0.481 e. The molecular formula is C16H25NO5. The molecule has 1 saturated heterocycles. The molecule has 2 aliphatic rings. The molecule has 0 aromatic rings. The third-order valence-corrected chi connectivity index (χ3v) is 4.35. The number of carbonyl (C=O) groups excluding carboxylic acids is 2. The third-order valence-electron chi connectivity index (χ3n) is 4.35. The summed E-state index contributed by atoms with van der Waals surface area (Å²) in [6, 6.07) is -0.518. The molecule has 1 heterocycles. The summed E-state index contributed by atoms with van der Waals surface area (Å²) in [5.74, 6) is -1.98. The van der Waals surface area contributed by atoms with Crippen LogP contribution in [0.25, 0.3) is 0 Å². The van der Waals surface area contributed by atoms with E-state index in [0.29, 0.717) is 32.2 Å². The first-order valence-electron chi connectivity index (χ1n) is 7.95. The van der Waals surface area contributed by atoms with Gasteiger partial charge in [0.25, 0.3) is 0 Å². The summed E-state index contributed by atoms with van der Waals surface area (Å²) in [4.78, 5) is 37.5. The van der Waals surface area contributed by atoms with Crippen LogP contribution in [-0.2, 0) is 19.1 Å². The van der Waals surface area contributed by atoms with Crippen molar-refractivity contribution in [3.8, 4) is 0 Å². The van der Waals surface area contributed by atoms with Crippen molar-refractivity contribution < 1.29 is 24.2 Å². The van der Waals surface area contributed by atoms with Gasteiger partial charge in [-0.15, -0.1) is 0 Å². The number of ether oxygens (including phenoxy) is 1. The molecule has 1 amide bonds. The van der Waals surface area contributed by atoms with Crippen LogP contribution in [0.5, 0.6) is 0 Å². The molecule has 1 aliphatic carbocycles. The van der Waals surface area contributed by atoms with Gasteiger partial charge in [0, 0.05) is 12.5 Å². The van der Waals surface area contributed by atoms with Gasteiger partial charge in [-0.2, -0.15) is 0 Å². The Morgan fingerprint density at radius 3 is 2.27 bits per heavy atom. The lowest BCUT2D eigenvalue weighted by Gasteiger charge is -2.29. The van der Waals surface area contributed by atoms with E-state index in [1.165, 1.54) is 0 Å². The molecular weight excluding hydrogens is 286 g/mol. The minimum atomic E-state index is -0.833. The van der Waals surface area contributed by atoms with Gasteiger partial charge in [0.1, 0.15) is 11.6 Å². The summed E-state index contributed by atoms with van der Waals surface area (Å²) in [5, 5.41) is 9.05. The normalized spacial score (nSPS) is 28.7. The fourth-order valence-electron chi connectivity index (χ4n) is 3.31. The Kier molecular flexibility index (Phi) is 4.78. The van der Waals surface area contributed by atoms with Crippen LogP contribution in [0, 0.1) is 11.8 Å². The van der Waals surface area contributed by atoms with Crippen molar-refractivity contribution in [2.75, 3.05) is 6.54 Å². The Bertz CT molecular complexity index is 468. The van der Waals surface area contributed by atoms with Crippen molar-refractivity contribution in [3.05, 3.63) is 0 Å². The van der Waals surface area contributed by atoms with E-state index in [9.17, 15) is 14.4 Å². The van der Waals surface area contributed by atoms with Gasteiger partial charge in [0.2, 0.25) is 5.91 Å². The highest BCUT2D eigenvalue weighted by Crippen LogP contribution is 2.34. The van der Waals surface area contributed by atoms with Gasteiger partial charge in [-0.25, -0.2) is 4.79 Å². The van der Waals surface area contributed by atoms with E-state index in [2.05, 4.69) is 0 Å². The zero-order valence-corrected chi connectivity index (χ0v) is 13.5. The SMILES string of the molecule is CC(C)(C)OC(=O)[C@@H]1CCCN1C(=O)[C@@H]1CC[C@H](C(=O)O)C1. The van der Waals surface area contributed by atoms with Crippen molar-refractivity contribution in [2.45, 2.75) is 64.5 Å². The van der Waals surface area contributed by atoms with Gasteiger partial charge in [-0.05, 0) is 52.9 Å². The van der Waals surface area contributed by atoms with Crippen molar-refractivity contribution in [1.29, 1.82) is 0 Å². The number of amides is 1. The van der Waals surface area contributed by atoms with Crippen molar-refractivity contribution in [3.63, 3.8) is 0 Å². The number of carboxylic acids is 1. The summed E-state index contributed by atoms with van der Waals surface area (Å²) in [6.45, 7) is 5.97. The van der Waals surface area contributed by atoms with Crippen LogP contribution in [-0.4, -0.2) is 46.0 Å².